The van der Waals surface area contributed by atoms with Crippen LogP contribution >= 0.6 is 0 Å². The quantitative estimate of drug-likeness (QED) is 0.760. The lowest BCUT2D eigenvalue weighted by atomic mass is 9.95. The summed E-state index contributed by atoms with van der Waals surface area (Å²) in [5, 5.41) is 0. The van der Waals surface area contributed by atoms with Gasteiger partial charge in [-0.2, -0.15) is 0 Å². The third-order valence-corrected chi connectivity index (χ3v) is 3.62. The monoisotopic (exact) mass is 238 g/mol. The minimum absolute atomic E-state index is 0.859. The molecule has 0 saturated carbocycles. The van der Waals surface area contributed by atoms with Crippen LogP contribution < -0.4 is 4.74 Å². The van der Waals surface area contributed by atoms with Crippen molar-refractivity contribution in [3.63, 3.8) is 0 Å². The van der Waals surface area contributed by atoms with Gasteiger partial charge in [0.2, 0.25) is 0 Å². The van der Waals surface area contributed by atoms with Crippen LogP contribution in [0.5, 0.6) is 5.75 Å². The molecule has 0 spiro atoms. The first-order valence-electron chi connectivity index (χ1n) is 6.72. The number of benzene rings is 2. The normalized spacial score (nSPS) is 13.8. The van der Waals surface area contributed by atoms with Gasteiger partial charge in [-0.1, -0.05) is 37.3 Å². The molecule has 1 heterocycles. The summed E-state index contributed by atoms with van der Waals surface area (Å²) in [4.78, 5) is 0. The highest BCUT2D eigenvalue weighted by molar-refractivity contribution is 5.69. The van der Waals surface area contributed by atoms with Gasteiger partial charge in [0.25, 0.3) is 0 Å². The molecule has 3 rings (SSSR count). The molecule has 18 heavy (non-hydrogen) atoms. The Labute approximate surface area is 108 Å². The molecule has 0 N–H and O–H groups in total. The van der Waals surface area contributed by atoms with E-state index in [1.807, 2.05) is 0 Å². The highest BCUT2D eigenvalue weighted by Gasteiger charge is 2.12. The lowest BCUT2D eigenvalue weighted by Gasteiger charge is -2.18. The predicted octanol–water partition coefficient (Wildman–Crippen LogP) is 4.24. The standard InChI is InChI=1S/C17H18O/c1-2-13-6-3-4-8-16(13)14-9-10-17-15(12-14)7-5-11-18-17/h3-4,6,8-10,12H,2,5,7,11H2,1H3. The van der Waals surface area contributed by atoms with Gasteiger partial charge >= 0.3 is 0 Å². The summed E-state index contributed by atoms with van der Waals surface area (Å²) in [6.07, 6.45) is 3.34. The van der Waals surface area contributed by atoms with E-state index in [1.54, 1.807) is 0 Å². The lowest BCUT2D eigenvalue weighted by Crippen LogP contribution is -2.08. The second kappa shape index (κ2) is 4.85. The smallest absolute Gasteiger partial charge is 0.122 e. The third kappa shape index (κ3) is 2.01. The Hall–Kier alpha value is -1.76. The maximum atomic E-state index is 5.67. The van der Waals surface area contributed by atoms with Crippen molar-refractivity contribution in [2.75, 3.05) is 6.61 Å². The fourth-order valence-corrected chi connectivity index (χ4v) is 2.64. The van der Waals surface area contributed by atoms with E-state index in [0.29, 0.717) is 0 Å². The minimum atomic E-state index is 0.859. The average Bonchev–Trinajstić information content (AvgIpc) is 2.46. The molecule has 1 heteroatoms. The van der Waals surface area contributed by atoms with E-state index >= 15 is 0 Å². The maximum Gasteiger partial charge on any atom is 0.122 e. The van der Waals surface area contributed by atoms with Gasteiger partial charge in [-0.3, -0.25) is 0 Å². The first kappa shape index (κ1) is 11.3. The van der Waals surface area contributed by atoms with Crippen molar-refractivity contribution >= 4 is 0 Å². The predicted molar refractivity (Wildman–Crippen MR) is 75.1 cm³/mol. The molecular formula is C17H18O. The Morgan fingerprint density at radius 2 is 2.00 bits per heavy atom. The van der Waals surface area contributed by atoms with Crippen LogP contribution in [0, 0.1) is 0 Å². The molecule has 1 aliphatic heterocycles. The minimum Gasteiger partial charge on any atom is -0.493 e. The van der Waals surface area contributed by atoms with Gasteiger partial charge in [0.05, 0.1) is 6.61 Å². The summed E-state index contributed by atoms with van der Waals surface area (Å²) in [7, 11) is 0. The fraction of sp³-hybridized carbons (Fsp3) is 0.294. The molecule has 0 aromatic heterocycles. The molecule has 0 radical (unpaired) electrons. The van der Waals surface area contributed by atoms with Crippen LogP contribution in [-0.2, 0) is 12.8 Å². The second-order valence-electron chi connectivity index (χ2n) is 4.79. The molecule has 0 fully saturated rings. The summed E-state index contributed by atoms with van der Waals surface area (Å²) < 4.78 is 5.67. The Kier molecular flexibility index (Phi) is 3.06. The molecule has 2 aromatic rings. The molecule has 0 unspecified atom stereocenters. The Morgan fingerprint density at radius 1 is 1.11 bits per heavy atom. The van der Waals surface area contributed by atoms with Crippen molar-refractivity contribution in [3.8, 4) is 16.9 Å². The van der Waals surface area contributed by atoms with Crippen molar-refractivity contribution in [3.05, 3.63) is 53.6 Å². The van der Waals surface area contributed by atoms with Crippen LogP contribution in [0.1, 0.15) is 24.5 Å². The third-order valence-electron chi connectivity index (χ3n) is 3.62. The molecule has 0 saturated heterocycles. The number of rotatable bonds is 2. The van der Waals surface area contributed by atoms with E-state index in [4.69, 9.17) is 4.74 Å². The topological polar surface area (TPSA) is 9.23 Å². The highest BCUT2D eigenvalue weighted by Crippen LogP contribution is 2.31. The average molecular weight is 238 g/mol. The van der Waals surface area contributed by atoms with Crippen molar-refractivity contribution < 1.29 is 4.74 Å². The van der Waals surface area contributed by atoms with Gasteiger partial charge in [-0.25, -0.2) is 0 Å². The molecule has 1 nitrogen and oxygen atoms in total. The van der Waals surface area contributed by atoms with Crippen molar-refractivity contribution in [1.29, 1.82) is 0 Å². The van der Waals surface area contributed by atoms with Gasteiger partial charge in [-0.05, 0) is 53.6 Å². The number of hydrogen-bond acceptors (Lipinski definition) is 1. The van der Waals surface area contributed by atoms with Crippen molar-refractivity contribution in [2.24, 2.45) is 0 Å². The summed E-state index contributed by atoms with van der Waals surface area (Å²) >= 11 is 0. The zero-order chi connectivity index (χ0) is 12.4. The molecule has 0 bridgehead atoms. The fourth-order valence-electron chi connectivity index (χ4n) is 2.64. The SMILES string of the molecule is CCc1ccccc1-c1ccc2c(c1)CCCO2. The van der Waals surface area contributed by atoms with Crippen LogP contribution in [0.2, 0.25) is 0 Å². The Balaban J connectivity index is 2.06. The number of aryl methyl sites for hydroxylation is 2. The van der Waals surface area contributed by atoms with Gasteiger partial charge in [0.15, 0.2) is 0 Å². The molecule has 1 aliphatic rings. The largest absolute Gasteiger partial charge is 0.493 e. The van der Waals surface area contributed by atoms with Gasteiger partial charge in [0.1, 0.15) is 5.75 Å². The highest BCUT2D eigenvalue weighted by atomic mass is 16.5. The van der Waals surface area contributed by atoms with Crippen LogP contribution in [-0.4, -0.2) is 6.61 Å². The van der Waals surface area contributed by atoms with Crippen LogP contribution in [0.4, 0.5) is 0 Å². The summed E-state index contributed by atoms with van der Waals surface area (Å²) in [6.45, 7) is 3.07. The van der Waals surface area contributed by atoms with E-state index in [-0.39, 0.29) is 0 Å². The first-order chi connectivity index (χ1) is 8.88. The molecule has 2 aromatic carbocycles. The van der Waals surface area contributed by atoms with Gasteiger partial charge in [-0.15, -0.1) is 0 Å². The molecule has 92 valence electrons. The van der Waals surface area contributed by atoms with Crippen LogP contribution in [0.25, 0.3) is 11.1 Å². The number of hydrogen-bond donors (Lipinski definition) is 0. The molecule has 0 aliphatic carbocycles. The van der Waals surface area contributed by atoms with E-state index in [1.165, 1.54) is 22.3 Å². The number of fused-ring (bicyclic) bond motifs is 1. The molecular weight excluding hydrogens is 220 g/mol. The van der Waals surface area contributed by atoms with Crippen LogP contribution in [0.3, 0.4) is 0 Å². The number of ether oxygens (including phenoxy) is 1. The Bertz CT molecular complexity index is 557. The second-order valence-corrected chi connectivity index (χ2v) is 4.79. The van der Waals surface area contributed by atoms with E-state index in [0.717, 1.165) is 31.6 Å². The molecule has 0 amide bonds. The summed E-state index contributed by atoms with van der Waals surface area (Å²) in [6, 6.07) is 15.3. The van der Waals surface area contributed by atoms with Gasteiger partial charge < -0.3 is 4.74 Å². The summed E-state index contributed by atoms with van der Waals surface area (Å²) in [5.74, 6) is 1.07. The van der Waals surface area contributed by atoms with E-state index in [9.17, 15) is 0 Å². The lowest BCUT2D eigenvalue weighted by molar-refractivity contribution is 0.288. The summed E-state index contributed by atoms with van der Waals surface area (Å²) in [5.41, 5.74) is 5.43. The first-order valence-corrected chi connectivity index (χ1v) is 6.72. The van der Waals surface area contributed by atoms with Crippen LogP contribution in [0.15, 0.2) is 42.5 Å². The maximum absolute atomic E-state index is 5.67. The molecule has 0 atom stereocenters. The van der Waals surface area contributed by atoms with Crippen molar-refractivity contribution in [2.45, 2.75) is 26.2 Å². The van der Waals surface area contributed by atoms with E-state index in [2.05, 4.69) is 49.4 Å². The zero-order valence-electron chi connectivity index (χ0n) is 10.8. The zero-order valence-corrected chi connectivity index (χ0v) is 10.8. The van der Waals surface area contributed by atoms with Crippen molar-refractivity contribution in [1.82, 2.24) is 0 Å². The Morgan fingerprint density at radius 3 is 2.89 bits per heavy atom. The van der Waals surface area contributed by atoms with E-state index < -0.39 is 0 Å². The van der Waals surface area contributed by atoms with Gasteiger partial charge in [0, 0.05) is 0 Å².